The maximum Gasteiger partial charge on any atom is 0.311 e. The van der Waals surface area contributed by atoms with Crippen LogP contribution in [0.3, 0.4) is 0 Å². The summed E-state index contributed by atoms with van der Waals surface area (Å²) in [5.41, 5.74) is -0.658. The van der Waals surface area contributed by atoms with Gasteiger partial charge in [0.15, 0.2) is 0 Å². The Bertz CT molecular complexity index is 700. The molecule has 0 N–H and O–H groups in total. The van der Waals surface area contributed by atoms with Crippen LogP contribution in [0.25, 0.3) is 0 Å². The van der Waals surface area contributed by atoms with Crippen LogP contribution in [0.2, 0.25) is 0 Å². The number of unbranched alkanes of at least 4 members (excludes halogenated alkanes) is 4. The van der Waals surface area contributed by atoms with Gasteiger partial charge in [0.1, 0.15) is 13.2 Å². The molecule has 0 aliphatic rings. The summed E-state index contributed by atoms with van der Waals surface area (Å²) in [6.45, 7) is 15.0. The first-order valence-electron chi connectivity index (χ1n) is 13.4. The maximum atomic E-state index is 12.9. The predicted octanol–water partition coefficient (Wildman–Crippen LogP) is 7.51. The van der Waals surface area contributed by atoms with Gasteiger partial charge in [0.25, 0.3) is 0 Å². The minimum Gasteiger partial charge on any atom is -0.464 e. The van der Waals surface area contributed by atoms with Crippen molar-refractivity contribution < 1.29 is 23.8 Å². The average Bonchev–Trinajstić information content (AvgIpc) is 2.82. The lowest BCUT2D eigenvalue weighted by Crippen LogP contribution is -2.39. The average molecular weight is 491 g/mol. The van der Waals surface area contributed by atoms with Crippen molar-refractivity contribution >= 4 is 11.9 Å². The summed E-state index contributed by atoms with van der Waals surface area (Å²) < 4.78 is 17.6. The fourth-order valence-corrected chi connectivity index (χ4v) is 3.82. The number of carbonyl (C=O) groups excluding carboxylic acids is 2. The van der Waals surface area contributed by atoms with E-state index in [0.29, 0.717) is 13.2 Å². The molecule has 0 aliphatic carbocycles. The molecule has 1 aromatic rings. The van der Waals surface area contributed by atoms with E-state index in [9.17, 15) is 9.59 Å². The van der Waals surface area contributed by atoms with E-state index < -0.39 is 16.2 Å². The van der Waals surface area contributed by atoms with Crippen molar-refractivity contribution in [3.8, 4) is 0 Å². The lowest BCUT2D eigenvalue weighted by Gasteiger charge is -2.32. The van der Waals surface area contributed by atoms with Gasteiger partial charge in [0, 0.05) is 0 Å². The highest BCUT2D eigenvalue weighted by atomic mass is 16.6. The number of benzene rings is 1. The number of hydrogen-bond acceptors (Lipinski definition) is 5. The second-order valence-electron chi connectivity index (χ2n) is 11.6. The molecule has 0 aromatic heterocycles. The van der Waals surface area contributed by atoms with Crippen molar-refractivity contribution in [1.82, 2.24) is 0 Å². The third kappa shape index (κ3) is 12.1. The molecule has 0 atom stereocenters. The van der Waals surface area contributed by atoms with Gasteiger partial charge in [-0.15, -0.1) is 0 Å². The summed E-state index contributed by atoms with van der Waals surface area (Å²) in [5.74, 6) is -0.428. The van der Waals surface area contributed by atoms with Crippen LogP contribution in [-0.4, -0.2) is 31.8 Å². The Kier molecular flexibility index (Phi) is 13.6. The standard InChI is InChI=1S/C30H50O5/c1-8-10-15-19-28(3,4)26(31)34-23-30(7,22-33-21-25-17-13-12-14-18-25)24-35-27(32)29(5,6)20-16-11-9-2/h12-14,17-18H,8-11,15-16,19-24H2,1-7H3. The molecule has 0 radical (unpaired) electrons. The smallest absolute Gasteiger partial charge is 0.311 e. The highest BCUT2D eigenvalue weighted by Gasteiger charge is 2.36. The van der Waals surface area contributed by atoms with E-state index in [1.165, 1.54) is 0 Å². The highest BCUT2D eigenvalue weighted by molar-refractivity contribution is 5.76. The van der Waals surface area contributed by atoms with Crippen LogP contribution in [-0.2, 0) is 30.4 Å². The zero-order valence-electron chi connectivity index (χ0n) is 23.4. The molecule has 0 bridgehead atoms. The normalized spacial score (nSPS) is 12.4. The molecule has 200 valence electrons. The largest absolute Gasteiger partial charge is 0.464 e. The first-order valence-corrected chi connectivity index (χ1v) is 13.4. The molecule has 1 aromatic carbocycles. The molecule has 0 spiro atoms. The zero-order chi connectivity index (χ0) is 26.4. The molecule has 0 fully saturated rings. The van der Waals surface area contributed by atoms with Gasteiger partial charge in [0.05, 0.1) is 29.5 Å². The lowest BCUT2D eigenvalue weighted by molar-refractivity contribution is -0.167. The molecule has 5 heteroatoms. The number of carbonyl (C=O) groups is 2. The molecule has 35 heavy (non-hydrogen) atoms. The van der Waals surface area contributed by atoms with E-state index in [-0.39, 0.29) is 25.2 Å². The first kappa shape index (κ1) is 31.2. The Morgan fingerprint density at radius 2 is 1.14 bits per heavy atom. The fourth-order valence-electron chi connectivity index (χ4n) is 3.82. The minimum atomic E-state index is -0.640. The Hall–Kier alpha value is -1.88. The predicted molar refractivity (Wildman–Crippen MR) is 142 cm³/mol. The van der Waals surface area contributed by atoms with E-state index in [1.807, 2.05) is 65.0 Å². The van der Waals surface area contributed by atoms with Crippen LogP contribution < -0.4 is 0 Å². The molecule has 5 nitrogen and oxygen atoms in total. The summed E-state index contributed by atoms with van der Waals surface area (Å²) in [7, 11) is 0. The van der Waals surface area contributed by atoms with Crippen molar-refractivity contribution in [3.63, 3.8) is 0 Å². The Labute approximate surface area is 214 Å². The van der Waals surface area contributed by atoms with E-state index in [2.05, 4.69) is 13.8 Å². The van der Waals surface area contributed by atoms with E-state index >= 15 is 0 Å². The second kappa shape index (κ2) is 15.3. The number of rotatable bonds is 18. The van der Waals surface area contributed by atoms with E-state index in [0.717, 1.165) is 56.9 Å². The molecule has 0 saturated carbocycles. The summed E-state index contributed by atoms with van der Waals surface area (Å²) in [5, 5.41) is 0. The lowest BCUT2D eigenvalue weighted by atomic mass is 9.86. The third-order valence-corrected chi connectivity index (χ3v) is 6.58. The van der Waals surface area contributed by atoms with Gasteiger partial charge in [0.2, 0.25) is 0 Å². The molecular weight excluding hydrogens is 440 g/mol. The van der Waals surface area contributed by atoms with E-state index in [4.69, 9.17) is 14.2 Å². The Balaban J connectivity index is 2.78. The second-order valence-corrected chi connectivity index (χ2v) is 11.6. The van der Waals surface area contributed by atoms with Crippen molar-refractivity contribution in [3.05, 3.63) is 35.9 Å². The first-order chi connectivity index (χ1) is 16.5. The molecule has 0 amide bonds. The van der Waals surface area contributed by atoms with Gasteiger partial charge < -0.3 is 14.2 Å². The minimum absolute atomic E-state index is 0.140. The molecule has 1 rings (SSSR count). The van der Waals surface area contributed by atoms with Crippen LogP contribution in [0.4, 0.5) is 0 Å². The fraction of sp³-hybridized carbons (Fsp3) is 0.733. The molecule has 0 aliphatic heterocycles. The SMILES string of the molecule is CCCCCC(C)(C)C(=O)OCC(C)(COCc1ccccc1)COC(=O)C(C)(C)CCCCC. The molecule has 0 unspecified atom stereocenters. The molecular formula is C30H50O5. The van der Waals surface area contributed by atoms with Crippen LogP contribution in [0, 0.1) is 16.2 Å². The third-order valence-electron chi connectivity index (χ3n) is 6.58. The van der Waals surface area contributed by atoms with Gasteiger partial charge in [-0.05, 0) is 46.1 Å². The summed E-state index contributed by atoms with van der Waals surface area (Å²) in [6, 6.07) is 9.94. The maximum absolute atomic E-state index is 12.9. The summed E-state index contributed by atoms with van der Waals surface area (Å²) in [6.07, 6.45) is 8.02. The van der Waals surface area contributed by atoms with Crippen LogP contribution in [0.15, 0.2) is 30.3 Å². The van der Waals surface area contributed by atoms with Gasteiger partial charge in [-0.2, -0.15) is 0 Å². The molecule has 0 saturated heterocycles. The van der Waals surface area contributed by atoms with Gasteiger partial charge in [-0.25, -0.2) is 0 Å². The molecule has 0 heterocycles. The quantitative estimate of drug-likeness (QED) is 0.157. The monoisotopic (exact) mass is 490 g/mol. The van der Waals surface area contributed by atoms with Crippen molar-refractivity contribution in [2.75, 3.05) is 19.8 Å². The van der Waals surface area contributed by atoms with Gasteiger partial charge in [-0.3, -0.25) is 9.59 Å². The highest BCUT2D eigenvalue weighted by Crippen LogP contribution is 2.30. The Morgan fingerprint density at radius 1 is 0.686 bits per heavy atom. The Morgan fingerprint density at radius 3 is 1.57 bits per heavy atom. The number of esters is 2. The summed E-state index contributed by atoms with van der Waals surface area (Å²) >= 11 is 0. The topological polar surface area (TPSA) is 61.8 Å². The van der Waals surface area contributed by atoms with Crippen LogP contribution in [0.5, 0.6) is 0 Å². The number of hydrogen-bond donors (Lipinski definition) is 0. The van der Waals surface area contributed by atoms with Gasteiger partial charge >= 0.3 is 11.9 Å². The van der Waals surface area contributed by atoms with Crippen molar-refractivity contribution in [1.29, 1.82) is 0 Å². The van der Waals surface area contributed by atoms with E-state index in [1.54, 1.807) is 0 Å². The zero-order valence-corrected chi connectivity index (χ0v) is 23.4. The van der Waals surface area contributed by atoms with Gasteiger partial charge in [-0.1, -0.05) is 89.6 Å². The number of ether oxygens (including phenoxy) is 3. The van der Waals surface area contributed by atoms with Crippen LogP contribution >= 0.6 is 0 Å². The van der Waals surface area contributed by atoms with Crippen molar-refractivity contribution in [2.24, 2.45) is 16.2 Å². The van der Waals surface area contributed by atoms with Crippen molar-refractivity contribution in [2.45, 2.75) is 106 Å². The summed E-state index contributed by atoms with van der Waals surface area (Å²) in [4.78, 5) is 25.7. The van der Waals surface area contributed by atoms with Crippen LogP contribution in [0.1, 0.15) is 105 Å².